The van der Waals surface area contributed by atoms with Crippen molar-refractivity contribution >= 4 is 6.21 Å². The van der Waals surface area contributed by atoms with Gasteiger partial charge in [0, 0.05) is 12.1 Å². The lowest BCUT2D eigenvalue weighted by atomic mass is 9.59. The average molecular weight is 163 g/mol. The minimum Gasteiger partial charge on any atom is -0.290 e. The summed E-state index contributed by atoms with van der Waals surface area (Å²) in [5, 5.41) is 0. The molecule has 3 aliphatic rings. The fourth-order valence-electron chi connectivity index (χ4n) is 2.96. The van der Waals surface area contributed by atoms with Crippen LogP contribution in [0.3, 0.4) is 0 Å². The van der Waals surface area contributed by atoms with Crippen LogP contribution in [0, 0.1) is 11.3 Å². The Morgan fingerprint density at radius 1 is 1.50 bits per heavy atom. The lowest BCUT2D eigenvalue weighted by Crippen LogP contribution is -2.47. The van der Waals surface area contributed by atoms with Crippen molar-refractivity contribution in [2.24, 2.45) is 16.3 Å². The first kappa shape index (κ1) is 8.03. The van der Waals surface area contributed by atoms with Gasteiger partial charge in [0.2, 0.25) is 0 Å². The summed E-state index contributed by atoms with van der Waals surface area (Å²) in [6.45, 7) is 11.0. The highest BCUT2D eigenvalue weighted by Gasteiger charge is 2.47. The number of rotatable bonds is 0. The quantitative estimate of drug-likeness (QED) is 0.487. The maximum absolute atomic E-state index is 4.59. The maximum atomic E-state index is 4.59. The number of nitrogens with zero attached hydrogens (tertiary/aromatic N) is 1. The fraction of sp³-hybridized carbons (Fsp3) is 0.727. The van der Waals surface area contributed by atoms with Crippen LogP contribution in [0.2, 0.25) is 0 Å². The lowest BCUT2D eigenvalue weighted by molar-refractivity contribution is 0.156. The van der Waals surface area contributed by atoms with Crippen LogP contribution in [0.1, 0.15) is 33.6 Å². The number of hydrogen-bond acceptors (Lipinski definition) is 1. The topological polar surface area (TPSA) is 12.4 Å². The largest absolute Gasteiger partial charge is 0.290 e. The second-order valence-electron chi connectivity index (χ2n) is 5.25. The van der Waals surface area contributed by atoms with Gasteiger partial charge in [0.1, 0.15) is 0 Å². The van der Waals surface area contributed by atoms with Crippen molar-refractivity contribution in [2.45, 2.75) is 39.2 Å². The lowest BCUT2D eigenvalue weighted by Gasteiger charge is -2.50. The van der Waals surface area contributed by atoms with E-state index >= 15 is 0 Å². The van der Waals surface area contributed by atoms with Gasteiger partial charge in [-0.3, -0.25) is 4.99 Å². The van der Waals surface area contributed by atoms with Crippen molar-refractivity contribution in [2.75, 3.05) is 0 Å². The zero-order valence-electron chi connectivity index (χ0n) is 8.22. The molecule has 2 unspecified atom stereocenters. The normalized spacial score (nSPS) is 43.6. The van der Waals surface area contributed by atoms with Crippen LogP contribution in [0.25, 0.3) is 0 Å². The fourth-order valence-corrected chi connectivity index (χ4v) is 2.96. The average Bonchev–Trinajstić information content (AvgIpc) is 1.80. The standard InChI is InChI=1S/C11H17N/c1-8-5-11(4)7-10(2,3)9(8)6-12-11/h6,9H,1,5,7H2,2-4H3. The molecule has 0 radical (unpaired) electrons. The van der Waals surface area contributed by atoms with Crippen LogP contribution < -0.4 is 0 Å². The third kappa shape index (κ3) is 0.954. The molecule has 0 amide bonds. The minimum atomic E-state index is 0.162. The third-order valence-electron chi connectivity index (χ3n) is 3.26. The summed E-state index contributed by atoms with van der Waals surface area (Å²) < 4.78 is 0. The zero-order chi connectivity index (χ0) is 8.98. The first-order chi connectivity index (χ1) is 5.43. The molecule has 0 aromatic heterocycles. The van der Waals surface area contributed by atoms with Gasteiger partial charge in [-0.1, -0.05) is 26.0 Å². The highest BCUT2D eigenvalue weighted by atomic mass is 14.9. The Labute approximate surface area is 74.6 Å². The van der Waals surface area contributed by atoms with Crippen LogP contribution in [0.5, 0.6) is 0 Å². The second kappa shape index (κ2) is 2.01. The monoisotopic (exact) mass is 163 g/mol. The van der Waals surface area contributed by atoms with E-state index in [9.17, 15) is 0 Å². The molecule has 1 nitrogen and oxygen atoms in total. The molecule has 1 fully saturated rings. The Morgan fingerprint density at radius 2 is 2.17 bits per heavy atom. The van der Waals surface area contributed by atoms with Crippen LogP contribution in [0.4, 0.5) is 0 Å². The molecule has 2 heterocycles. The van der Waals surface area contributed by atoms with Crippen LogP contribution in [0.15, 0.2) is 17.1 Å². The Kier molecular flexibility index (Phi) is 1.35. The van der Waals surface area contributed by atoms with E-state index in [4.69, 9.17) is 0 Å². The molecule has 0 spiro atoms. The van der Waals surface area contributed by atoms with Crippen molar-refractivity contribution in [3.05, 3.63) is 12.2 Å². The molecular formula is C11H17N. The maximum Gasteiger partial charge on any atom is 0.0619 e. The Morgan fingerprint density at radius 3 is 2.58 bits per heavy atom. The van der Waals surface area contributed by atoms with Gasteiger partial charge in [0.15, 0.2) is 0 Å². The predicted octanol–water partition coefficient (Wildman–Crippen LogP) is 2.82. The molecule has 1 heteroatoms. The van der Waals surface area contributed by atoms with E-state index in [1.807, 2.05) is 0 Å². The summed E-state index contributed by atoms with van der Waals surface area (Å²) in [7, 11) is 0. The Bertz CT molecular complexity index is 262. The van der Waals surface area contributed by atoms with Crippen molar-refractivity contribution in [3.63, 3.8) is 0 Å². The van der Waals surface area contributed by atoms with E-state index in [1.165, 1.54) is 12.0 Å². The van der Waals surface area contributed by atoms with E-state index in [1.54, 1.807) is 0 Å². The first-order valence-electron chi connectivity index (χ1n) is 4.66. The first-order valence-corrected chi connectivity index (χ1v) is 4.66. The number of aliphatic imine (C=N–C) groups is 1. The van der Waals surface area contributed by atoms with Gasteiger partial charge in [-0.05, 0) is 25.2 Å². The van der Waals surface area contributed by atoms with Gasteiger partial charge in [0.05, 0.1) is 5.54 Å². The molecule has 12 heavy (non-hydrogen) atoms. The number of hydrogen-bond donors (Lipinski definition) is 0. The summed E-state index contributed by atoms with van der Waals surface area (Å²) in [5.41, 5.74) is 1.92. The van der Waals surface area contributed by atoms with Crippen LogP contribution >= 0.6 is 0 Å². The van der Waals surface area contributed by atoms with Gasteiger partial charge in [0.25, 0.3) is 0 Å². The summed E-state index contributed by atoms with van der Waals surface area (Å²) in [6, 6.07) is 0. The predicted molar refractivity (Wildman–Crippen MR) is 52.5 cm³/mol. The molecule has 1 aliphatic carbocycles. The highest BCUT2D eigenvalue weighted by Crippen LogP contribution is 2.51. The van der Waals surface area contributed by atoms with Crippen molar-refractivity contribution < 1.29 is 0 Å². The van der Waals surface area contributed by atoms with Crippen LogP contribution in [-0.4, -0.2) is 11.8 Å². The summed E-state index contributed by atoms with van der Waals surface area (Å²) in [5.74, 6) is 0.527. The smallest absolute Gasteiger partial charge is 0.0619 e. The minimum absolute atomic E-state index is 0.162. The molecular weight excluding hydrogens is 146 g/mol. The van der Waals surface area contributed by atoms with E-state index in [0.717, 1.165) is 6.42 Å². The van der Waals surface area contributed by atoms with Crippen LogP contribution in [-0.2, 0) is 0 Å². The third-order valence-corrected chi connectivity index (χ3v) is 3.26. The van der Waals surface area contributed by atoms with Gasteiger partial charge < -0.3 is 0 Å². The van der Waals surface area contributed by atoms with E-state index in [0.29, 0.717) is 11.3 Å². The summed E-state index contributed by atoms with van der Waals surface area (Å²) >= 11 is 0. The van der Waals surface area contributed by atoms with Gasteiger partial charge in [-0.25, -0.2) is 0 Å². The molecule has 2 aliphatic heterocycles. The molecule has 1 saturated carbocycles. The summed E-state index contributed by atoms with van der Waals surface area (Å²) in [6.07, 6.45) is 4.42. The molecule has 0 aromatic carbocycles. The molecule has 0 N–H and O–H groups in total. The highest BCUT2D eigenvalue weighted by molar-refractivity contribution is 5.70. The Balaban J connectivity index is 2.45. The molecule has 0 aromatic rings. The molecule has 3 rings (SSSR count). The van der Waals surface area contributed by atoms with E-state index in [2.05, 4.69) is 38.6 Å². The molecule has 2 atom stereocenters. The summed E-state index contributed by atoms with van der Waals surface area (Å²) in [4.78, 5) is 4.59. The SMILES string of the molecule is C=C1CC2(C)CC(C)(C)C1C=N2. The van der Waals surface area contributed by atoms with E-state index < -0.39 is 0 Å². The molecule has 0 saturated heterocycles. The van der Waals surface area contributed by atoms with Crippen molar-refractivity contribution in [1.82, 2.24) is 0 Å². The second-order valence-corrected chi connectivity index (χ2v) is 5.25. The zero-order valence-corrected chi connectivity index (χ0v) is 8.22. The van der Waals surface area contributed by atoms with E-state index in [-0.39, 0.29) is 5.54 Å². The van der Waals surface area contributed by atoms with Gasteiger partial charge in [-0.15, -0.1) is 0 Å². The number of fused-ring (bicyclic) bond motifs is 2. The van der Waals surface area contributed by atoms with Gasteiger partial charge in [-0.2, -0.15) is 0 Å². The Hall–Kier alpha value is -0.590. The van der Waals surface area contributed by atoms with Crippen molar-refractivity contribution in [3.8, 4) is 0 Å². The van der Waals surface area contributed by atoms with Gasteiger partial charge >= 0.3 is 0 Å². The van der Waals surface area contributed by atoms with Crippen molar-refractivity contribution in [1.29, 1.82) is 0 Å². The molecule has 66 valence electrons. The molecule has 2 bridgehead atoms.